The van der Waals surface area contributed by atoms with Crippen LogP contribution in [-0.2, 0) is 16.1 Å². The summed E-state index contributed by atoms with van der Waals surface area (Å²) in [6.45, 7) is 3.88. The van der Waals surface area contributed by atoms with Gasteiger partial charge < -0.3 is 10.4 Å². The number of hydrogen-bond donors (Lipinski definition) is 2. The number of ketones is 1. The van der Waals surface area contributed by atoms with E-state index in [2.05, 4.69) is 20.3 Å². The van der Waals surface area contributed by atoms with Crippen molar-refractivity contribution in [1.82, 2.24) is 20.3 Å². The fourth-order valence-electron chi connectivity index (χ4n) is 4.59. The molecule has 0 radical (unpaired) electrons. The molecular weight excluding hydrogens is 459 g/mol. The highest BCUT2D eigenvalue weighted by atomic mass is 35.5. The Balaban J connectivity index is 1.48. The number of hydrogen-bond acceptors (Lipinski definition) is 6. The Morgan fingerprint density at radius 2 is 1.88 bits per heavy atom. The molecule has 1 aromatic carbocycles. The fraction of sp³-hybridized carbons (Fsp3) is 0.320. The molecule has 1 aliphatic carbocycles. The number of aliphatic hydroxyl groups excluding tert-OH is 1. The van der Waals surface area contributed by atoms with Crippen LogP contribution in [0, 0.1) is 25.6 Å². The Morgan fingerprint density at radius 1 is 1.21 bits per heavy atom. The smallest absolute Gasteiger partial charge is 0.220 e. The first kappa shape index (κ1) is 23.9. The third-order valence-corrected chi connectivity index (χ3v) is 6.50. The molecule has 3 atom stereocenters. The minimum Gasteiger partial charge on any atom is -0.392 e. The second kappa shape index (κ2) is 9.95. The first-order valence-corrected chi connectivity index (χ1v) is 11.3. The van der Waals surface area contributed by atoms with E-state index in [1.807, 2.05) is 26.0 Å². The van der Waals surface area contributed by atoms with E-state index in [0.29, 0.717) is 22.1 Å². The standard InChI is InChI=1S/C25H24ClFN4O3/c1-13-6-16(25-30-10-17(27)11-31-25)7-14(2)22(13)23-20(32)8-15(24(23)34)9-21(33)29-12-19-18(26)4-3-5-28-19/h3-7,10-11,15,23-24,34H,8-9,12H2,1-2H3,(H,29,33). The lowest BCUT2D eigenvalue weighted by Crippen LogP contribution is -2.29. The van der Waals surface area contributed by atoms with Gasteiger partial charge in [-0.1, -0.05) is 11.6 Å². The van der Waals surface area contributed by atoms with Crippen molar-refractivity contribution in [1.29, 1.82) is 0 Å². The van der Waals surface area contributed by atoms with E-state index in [0.717, 1.165) is 29.1 Å². The second-order valence-corrected chi connectivity index (χ2v) is 8.97. The predicted molar refractivity (Wildman–Crippen MR) is 124 cm³/mol. The van der Waals surface area contributed by atoms with Crippen LogP contribution < -0.4 is 5.32 Å². The average Bonchev–Trinajstić information content (AvgIpc) is 3.06. The number of aromatic nitrogens is 3. The van der Waals surface area contributed by atoms with Gasteiger partial charge in [0.25, 0.3) is 0 Å². The molecule has 0 bridgehead atoms. The van der Waals surface area contributed by atoms with Crippen LogP contribution in [0.1, 0.15) is 41.1 Å². The van der Waals surface area contributed by atoms with E-state index in [-0.39, 0.29) is 31.1 Å². The molecule has 0 spiro atoms. The van der Waals surface area contributed by atoms with Gasteiger partial charge in [-0.05, 0) is 54.8 Å². The van der Waals surface area contributed by atoms with E-state index in [1.165, 1.54) is 0 Å². The Labute approximate surface area is 201 Å². The summed E-state index contributed by atoms with van der Waals surface area (Å²) in [6.07, 6.45) is 2.95. The summed E-state index contributed by atoms with van der Waals surface area (Å²) in [4.78, 5) is 37.6. The fourth-order valence-corrected chi connectivity index (χ4v) is 4.78. The van der Waals surface area contributed by atoms with Gasteiger partial charge in [-0.15, -0.1) is 0 Å². The largest absolute Gasteiger partial charge is 0.392 e. The zero-order valence-electron chi connectivity index (χ0n) is 18.8. The summed E-state index contributed by atoms with van der Waals surface area (Å²) >= 11 is 6.07. The van der Waals surface area contributed by atoms with Crippen LogP contribution in [0.4, 0.5) is 4.39 Å². The van der Waals surface area contributed by atoms with Crippen LogP contribution in [-0.4, -0.2) is 37.9 Å². The van der Waals surface area contributed by atoms with Gasteiger partial charge in [0, 0.05) is 30.5 Å². The lowest BCUT2D eigenvalue weighted by atomic mass is 9.85. The highest BCUT2D eigenvalue weighted by Crippen LogP contribution is 2.41. The van der Waals surface area contributed by atoms with Crippen molar-refractivity contribution in [3.05, 3.63) is 76.1 Å². The maximum absolute atomic E-state index is 13.2. The zero-order valence-corrected chi connectivity index (χ0v) is 19.5. The Bertz CT molecular complexity index is 1210. The number of halogens is 2. The van der Waals surface area contributed by atoms with Crippen molar-refractivity contribution < 1.29 is 19.1 Å². The lowest BCUT2D eigenvalue weighted by Gasteiger charge is -2.22. The number of aliphatic hydroxyl groups is 1. The average molecular weight is 483 g/mol. The minimum absolute atomic E-state index is 0.0213. The third-order valence-electron chi connectivity index (χ3n) is 6.15. The maximum atomic E-state index is 13.2. The Morgan fingerprint density at radius 3 is 2.53 bits per heavy atom. The van der Waals surface area contributed by atoms with Gasteiger partial charge in [-0.2, -0.15) is 0 Å². The lowest BCUT2D eigenvalue weighted by molar-refractivity contribution is -0.122. The molecule has 7 nitrogen and oxygen atoms in total. The summed E-state index contributed by atoms with van der Waals surface area (Å²) in [7, 11) is 0. The number of carbonyl (C=O) groups excluding carboxylic acids is 2. The number of aryl methyl sites for hydroxylation is 2. The molecule has 1 fully saturated rings. The van der Waals surface area contributed by atoms with Crippen LogP contribution in [0.5, 0.6) is 0 Å². The molecule has 34 heavy (non-hydrogen) atoms. The van der Waals surface area contributed by atoms with E-state index in [9.17, 15) is 19.1 Å². The van der Waals surface area contributed by atoms with Crippen molar-refractivity contribution in [3.63, 3.8) is 0 Å². The van der Waals surface area contributed by atoms with Crippen molar-refractivity contribution in [3.8, 4) is 11.4 Å². The number of Topliss-reactive ketones (excluding diaryl/α,β-unsaturated/α-hetero) is 1. The quantitative estimate of drug-likeness (QED) is 0.555. The van der Waals surface area contributed by atoms with E-state index in [1.54, 1.807) is 18.3 Å². The normalized spacial score (nSPS) is 19.9. The molecule has 1 saturated carbocycles. The molecular formula is C25H24ClFN4O3. The predicted octanol–water partition coefficient (Wildman–Crippen LogP) is 3.69. The molecule has 2 N–H and O–H groups in total. The van der Waals surface area contributed by atoms with Gasteiger partial charge in [-0.3, -0.25) is 14.6 Å². The molecule has 2 aromatic heterocycles. The van der Waals surface area contributed by atoms with Crippen molar-refractivity contribution >= 4 is 23.3 Å². The first-order valence-electron chi connectivity index (χ1n) is 10.9. The molecule has 9 heteroatoms. The molecule has 2 heterocycles. The van der Waals surface area contributed by atoms with Gasteiger partial charge in [-0.25, -0.2) is 14.4 Å². The van der Waals surface area contributed by atoms with Gasteiger partial charge in [0.1, 0.15) is 5.78 Å². The number of amides is 1. The number of nitrogens with one attached hydrogen (secondary N) is 1. The summed E-state index contributed by atoms with van der Waals surface area (Å²) in [5.41, 5.74) is 3.59. The summed E-state index contributed by atoms with van der Waals surface area (Å²) in [5, 5.41) is 14.2. The van der Waals surface area contributed by atoms with E-state index in [4.69, 9.17) is 11.6 Å². The van der Waals surface area contributed by atoms with Crippen molar-refractivity contribution in [2.45, 2.75) is 45.3 Å². The molecule has 1 aliphatic rings. The van der Waals surface area contributed by atoms with Crippen molar-refractivity contribution in [2.24, 2.45) is 5.92 Å². The molecule has 3 aromatic rings. The van der Waals surface area contributed by atoms with Gasteiger partial charge in [0.2, 0.25) is 5.91 Å². The second-order valence-electron chi connectivity index (χ2n) is 8.56. The maximum Gasteiger partial charge on any atom is 0.220 e. The topological polar surface area (TPSA) is 105 Å². The molecule has 3 unspecified atom stereocenters. The Kier molecular flexibility index (Phi) is 7.00. The molecule has 4 rings (SSSR count). The highest BCUT2D eigenvalue weighted by Gasteiger charge is 2.44. The number of benzene rings is 1. The van der Waals surface area contributed by atoms with E-state index >= 15 is 0 Å². The van der Waals surface area contributed by atoms with E-state index < -0.39 is 23.8 Å². The SMILES string of the molecule is Cc1cc(-c2ncc(F)cn2)cc(C)c1C1C(=O)CC(CC(=O)NCc2ncccc2Cl)C1O. The number of pyridine rings is 1. The first-order chi connectivity index (χ1) is 16.2. The highest BCUT2D eigenvalue weighted by molar-refractivity contribution is 6.31. The van der Waals surface area contributed by atoms with Crippen LogP contribution in [0.2, 0.25) is 5.02 Å². The summed E-state index contributed by atoms with van der Waals surface area (Å²) < 4.78 is 13.2. The van der Waals surface area contributed by atoms with Gasteiger partial charge in [0.15, 0.2) is 11.6 Å². The zero-order chi connectivity index (χ0) is 24.4. The molecule has 1 amide bonds. The monoisotopic (exact) mass is 482 g/mol. The van der Waals surface area contributed by atoms with Crippen LogP contribution in [0.3, 0.4) is 0 Å². The number of carbonyl (C=O) groups is 2. The van der Waals surface area contributed by atoms with Gasteiger partial charge in [0.05, 0.1) is 41.7 Å². The summed E-state index contributed by atoms with van der Waals surface area (Å²) in [6, 6.07) is 7.05. The number of nitrogens with zero attached hydrogens (tertiary/aromatic N) is 3. The van der Waals surface area contributed by atoms with Crippen molar-refractivity contribution in [2.75, 3.05) is 0 Å². The third kappa shape index (κ3) is 4.98. The van der Waals surface area contributed by atoms with Crippen LogP contribution in [0.15, 0.2) is 42.9 Å². The number of rotatable bonds is 6. The molecule has 0 aliphatic heterocycles. The van der Waals surface area contributed by atoms with Crippen LogP contribution in [0.25, 0.3) is 11.4 Å². The Hall–Kier alpha value is -3.23. The van der Waals surface area contributed by atoms with Crippen LogP contribution >= 0.6 is 11.6 Å². The molecule has 176 valence electrons. The molecule has 0 saturated heterocycles. The summed E-state index contributed by atoms with van der Waals surface area (Å²) in [5.74, 6) is -1.74. The van der Waals surface area contributed by atoms with Gasteiger partial charge >= 0.3 is 0 Å². The minimum atomic E-state index is -0.984.